The van der Waals surface area contributed by atoms with E-state index in [2.05, 4.69) is 23.5 Å². The summed E-state index contributed by atoms with van der Waals surface area (Å²) < 4.78 is 0. The number of nitrogen functional groups attached to an aromatic ring is 1. The molecular formula is C12H19N3OS. The van der Waals surface area contributed by atoms with Crippen molar-refractivity contribution < 1.29 is 4.79 Å². The zero-order valence-electron chi connectivity index (χ0n) is 10.5. The minimum atomic E-state index is -0.150. The Balaban J connectivity index is 2.58. The maximum atomic E-state index is 11.8. The van der Waals surface area contributed by atoms with Crippen LogP contribution in [0.15, 0.2) is 12.3 Å². The Labute approximate surface area is 106 Å². The number of nitrogens with two attached hydrogens (primary N) is 1. The van der Waals surface area contributed by atoms with Crippen LogP contribution in [0.2, 0.25) is 0 Å². The van der Waals surface area contributed by atoms with Crippen LogP contribution in [0.4, 0.5) is 5.69 Å². The summed E-state index contributed by atoms with van der Waals surface area (Å²) in [5.41, 5.74) is 7.53. The maximum absolute atomic E-state index is 11.8. The highest BCUT2D eigenvalue weighted by Gasteiger charge is 2.11. The van der Waals surface area contributed by atoms with E-state index in [1.807, 2.05) is 6.92 Å². The second-order valence-electron chi connectivity index (χ2n) is 4.18. The number of hydrogen-bond donors (Lipinski definition) is 2. The number of pyridine rings is 1. The molecule has 0 bridgehead atoms. The SMILES string of the molecule is CSCC(C)CNC(=O)c1cnc(C)cc1N. The maximum Gasteiger partial charge on any atom is 0.254 e. The van der Waals surface area contributed by atoms with Crippen LogP contribution in [0, 0.1) is 12.8 Å². The summed E-state index contributed by atoms with van der Waals surface area (Å²) in [4.78, 5) is 15.9. The first kappa shape index (κ1) is 13.8. The van der Waals surface area contributed by atoms with Gasteiger partial charge in [0.1, 0.15) is 0 Å². The predicted molar refractivity (Wildman–Crippen MR) is 73.3 cm³/mol. The van der Waals surface area contributed by atoms with Crippen molar-refractivity contribution in [3.05, 3.63) is 23.5 Å². The van der Waals surface area contributed by atoms with Gasteiger partial charge >= 0.3 is 0 Å². The molecule has 94 valence electrons. The van der Waals surface area contributed by atoms with Crippen LogP contribution >= 0.6 is 11.8 Å². The van der Waals surface area contributed by atoms with Crippen molar-refractivity contribution in [2.45, 2.75) is 13.8 Å². The topological polar surface area (TPSA) is 68.0 Å². The van der Waals surface area contributed by atoms with Gasteiger partial charge in [0.15, 0.2) is 0 Å². The van der Waals surface area contributed by atoms with Gasteiger partial charge in [-0.1, -0.05) is 6.92 Å². The molecule has 0 aliphatic carbocycles. The van der Waals surface area contributed by atoms with Gasteiger partial charge in [-0.2, -0.15) is 11.8 Å². The first-order valence-electron chi connectivity index (χ1n) is 5.53. The fourth-order valence-electron chi connectivity index (χ4n) is 1.48. The third kappa shape index (κ3) is 4.26. The van der Waals surface area contributed by atoms with E-state index in [-0.39, 0.29) is 5.91 Å². The fraction of sp³-hybridized carbons (Fsp3) is 0.500. The molecule has 4 nitrogen and oxygen atoms in total. The molecule has 1 atom stereocenters. The molecule has 0 radical (unpaired) electrons. The van der Waals surface area contributed by atoms with Crippen LogP contribution in [0.1, 0.15) is 23.0 Å². The van der Waals surface area contributed by atoms with Crippen molar-refractivity contribution in [3.8, 4) is 0 Å². The molecule has 0 aliphatic rings. The minimum absolute atomic E-state index is 0.150. The van der Waals surface area contributed by atoms with E-state index in [9.17, 15) is 4.79 Å². The van der Waals surface area contributed by atoms with Gasteiger partial charge in [-0.25, -0.2) is 0 Å². The van der Waals surface area contributed by atoms with Crippen LogP contribution < -0.4 is 11.1 Å². The van der Waals surface area contributed by atoms with Gasteiger partial charge in [-0.3, -0.25) is 9.78 Å². The number of thioether (sulfide) groups is 1. The quantitative estimate of drug-likeness (QED) is 0.838. The first-order chi connectivity index (χ1) is 8.04. The molecule has 0 aliphatic heterocycles. The molecular weight excluding hydrogens is 234 g/mol. The average molecular weight is 253 g/mol. The first-order valence-corrected chi connectivity index (χ1v) is 6.93. The molecule has 3 N–H and O–H groups in total. The number of carbonyl (C=O) groups excluding carboxylic acids is 1. The molecule has 5 heteroatoms. The fourth-order valence-corrected chi connectivity index (χ4v) is 2.16. The molecule has 1 heterocycles. The predicted octanol–water partition coefficient (Wildman–Crippen LogP) is 1.70. The number of nitrogens with one attached hydrogen (secondary N) is 1. The van der Waals surface area contributed by atoms with E-state index < -0.39 is 0 Å². The van der Waals surface area contributed by atoms with Crippen molar-refractivity contribution >= 4 is 23.4 Å². The van der Waals surface area contributed by atoms with Crippen LogP contribution in [0.3, 0.4) is 0 Å². The molecule has 1 amide bonds. The lowest BCUT2D eigenvalue weighted by Crippen LogP contribution is -2.29. The lowest BCUT2D eigenvalue weighted by atomic mass is 10.2. The third-order valence-electron chi connectivity index (χ3n) is 2.38. The van der Waals surface area contributed by atoms with Gasteiger partial charge in [0, 0.05) is 24.1 Å². The van der Waals surface area contributed by atoms with E-state index in [0.29, 0.717) is 23.7 Å². The van der Waals surface area contributed by atoms with Gasteiger partial charge in [-0.15, -0.1) is 0 Å². The lowest BCUT2D eigenvalue weighted by Gasteiger charge is -2.12. The highest BCUT2D eigenvalue weighted by Crippen LogP contribution is 2.11. The summed E-state index contributed by atoms with van der Waals surface area (Å²) in [6, 6.07) is 1.71. The summed E-state index contributed by atoms with van der Waals surface area (Å²) in [6.45, 7) is 4.61. The van der Waals surface area contributed by atoms with E-state index in [4.69, 9.17) is 5.73 Å². The zero-order chi connectivity index (χ0) is 12.8. The molecule has 0 aromatic carbocycles. The Morgan fingerprint density at radius 3 is 2.94 bits per heavy atom. The molecule has 0 fully saturated rings. The molecule has 0 saturated carbocycles. The summed E-state index contributed by atoms with van der Waals surface area (Å²) in [5, 5.41) is 2.87. The molecule has 0 spiro atoms. The summed E-state index contributed by atoms with van der Waals surface area (Å²) in [5.74, 6) is 1.33. The molecule has 1 rings (SSSR count). The Morgan fingerprint density at radius 2 is 2.35 bits per heavy atom. The Kier molecular flexibility index (Phi) is 5.28. The number of aromatic nitrogens is 1. The van der Waals surface area contributed by atoms with Gasteiger partial charge in [0.05, 0.1) is 5.56 Å². The van der Waals surface area contributed by atoms with Crippen molar-refractivity contribution in [1.82, 2.24) is 10.3 Å². The summed E-state index contributed by atoms with van der Waals surface area (Å²) in [6.07, 6.45) is 3.58. The standard InChI is InChI=1S/C12H19N3OS/c1-8(7-17-3)5-15-12(16)10-6-14-9(2)4-11(10)13/h4,6,8H,5,7H2,1-3H3,(H2,13,14)(H,15,16). The Hall–Kier alpha value is -1.23. The molecule has 1 unspecified atom stereocenters. The second-order valence-corrected chi connectivity index (χ2v) is 5.09. The van der Waals surface area contributed by atoms with E-state index in [1.54, 1.807) is 17.8 Å². The van der Waals surface area contributed by atoms with Crippen LogP contribution in [0.25, 0.3) is 0 Å². The Bertz CT molecular complexity index is 395. The monoisotopic (exact) mass is 253 g/mol. The smallest absolute Gasteiger partial charge is 0.254 e. The number of anilines is 1. The zero-order valence-corrected chi connectivity index (χ0v) is 11.3. The molecule has 0 saturated heterocycles. The summed E-state index contributed by atoms with van der Waals surface area (Å²) in [7, 11) is 0. The number of rotatable bonds is 5. The van der Waals surface area contributed by atoms with E-state index in [1.165, 1.54) is 6.20 Å². The molecule has 1 aromatic heterocycles. The number of carbonyl (C=O) groups is 1. The van der Waals surface area contributed by atoms with Crippen LogP contribution in [0.5, 0.6) is 0 Å². The largest absolute Gasteiger partial charge is 0.398 e. The van der Waals surface area contributed by atoms with E-state index in [0.717, 1.165) is 11.4 Å². The van der Waals surface area contributed by atoms with Crippen LogP contribution in [-0.2, 0) is 0 Å². The van der Waals surface area contributed by atoms with Gasteiger partial charge in [0.2, 0.25) is 0 Å². The Morgan fingerprint density at radius 1 is 1.65 bits per heavy atom. The van der Waals surface area contributed by atoms with Crippen molar-refractivity contribution in [3.63, 3.8) is 0 Å². The molecule has 17 heavy (non-hydrogen) atoms. The minimum Gasteiger partial charge on any atom is -0.398 e. The lowest BCUT2D eigenvalue weighted by molar-refractivity contribution is 0.0950. The van der Waals surface area contributed by atoms with Gasteiger partial charge in [0.25, 0.3) is 5.91 Å². The number of hydrogen-bond acceptors (Lipinski definition) is 4. The van der Waals surface area contributed by atoms with E-state index >= 15 is 0 Å². The highest BCUT2D eigenvalue weighted by molar-refractivity contribution is 7.98. The second kappa shape index (κ2) is 6.49. The third-order valence-corrected chi connectivity index (χ3v) is 3.28. The van der Waals surface area contributed by atoms with Crippen LogP contribution in [-0.4, -0.2) is 29.4 Å². The highest BCUT2D eigenvalue weighted by atomic mass is 32.2. The van der Waals surface area contributed by atoms with Gasteiger partial charge in [-0.05, 0) is 30.9 Å². The van der Waals surface area contributed by atoms with Crippen molar-refractivity contribution in [1.29, 1.82) is 0 Å². The van der Waals surface area contributed by atoms with Crippen molar-refractivity contribution in [2.75, 3.05) is 24.3 Å². The van der Waals surface area contributed by atoms with Gasteiger partial charge < -0.3 is 11.1 Å². The number of aryl methyl sites for hydroxylation is 1. The summed E-state index contributed by atoms with van der Waals surface area (Å²) >= 11 is 1.77. The normalized spacial score (nSPS) is 12.2. The molecule has 1 aromatic rings. The average Bonchev–Trinajstić information content (AvgIpc) is 2.26. The number of nitrogens with zero attached hydrogens (tertiary/aromatic N) is 1. The number of amides is 1. The van der Waals surface area contributed by atoms with Crippen molar-refractivity contribution in [2.24, 2.45) is 5.92 Å².